The molecule has 0 bridgehead atoms. The van der Waals surface area contributed by atoms with E-state index in [-0.39, 0.29) is 6.61 Å². The predicted octanol–water partition coefficient (Wildman–Crippen LogP) is 2.66. The van der Waals surface area contributed by atoms with Gasteiger partial charge in [0.2, 0.25) is 0 Å². The van der Waals surface area contributed by atoms with Crippen LogP contribution in [0.5, 0.6) is 0 Å². The Morgan fingerprint density at radius 3 is 2.50 bits per heavy atom. The van der Waals surface area contributed by atoms with Crippen LogP contribution in [0.2, 0.25) is 0 Å². The second-order valence-electron chi connectivity index (χ2n) is 5.61. The van der Waals surface area contributed by atoms with Crippen LogP contribution in [0.4, 0.5) is 0 Å². The zero-order chi connectivity index (χ0) is 13.8. The average molecular weight is 287 g/mol. The van der Waals surface area contributed by atoms with Crippen LogP contribution in [0.3, 0.4) is 0 Å². The molecule has 0 aliphatic heterocycles. The van der Waals surface area contributed by atoms with Crippen molar-refractivity contribution in [1.29, 1.82) is 0 Å². The van der Waals surface area contributed by atoms with Gasteiger partial charge in [0.25, 0.3) is 0 Å². The lowest BCUT2D eigenvalue weighted by Gasteiger charge is -2.18. The molecule has 2 nitrogen and oxygen atoms in total. The molecule has 0 saturated carbocycles. The summed E-state index contributed by atoms with van der Waals surface area (Å²) >= 11 is 1.78. The van der Waals surface area contributed by atoms with Crippen molar-refractivity contribution in [3.8, 4) is 0 Å². The maximum Gasteiger partial charge on any atom is 0.0474 e. The molecule has 1 heterocycles. The summed E-state index contributed by atoms with van der Waals surface area (Å²) in [6.07, 6.45) is 3.21. The normalized spacial score (nSPS) is 16.2. The van der Waals surface area contributed by atoms with Crippen LogP contribution in [-0.2, 0) is 19.3 Å². The van der Waals surface area contributed by atoms with Crippen LogP contribution in [-0.4, -0.2) is 24.3 Å². The predicted molar refractivity (Wildman–Crippen MR) is 84.2 cm³/mol. The van der Waals surface area contributed by atoms with Gasteiger partial charge in [-0.2, -0.15) is 0 Å². The highest BCUT2D eigenvalue weighted by atomic mass is 32.1. The number of benzene rings is 1. The lowest BCUT2D eigenvalue weighted by molar-refractivity contribution is 0.219. The van der Waals surface area contributed by atoms with E-state index in [1.807, 2.05) is 0 Å². The van der Waals surface area contributed by atoms with Crippen molar-refractivity contribution in [3.63, 3.8) is 0 Å². The Labute approximate surface area is 124 Å². The molecule has 0 amide bonds. The summed E-state index contributed by atoms with van der Waals surface area (Å²) in [7, 11) is 0. The highest BCUT2D eigenvalue weighted by molar-refractivity contribution is 7.09. The molecule has 0 unspecified atom stereocenters. The van der Waals surface area contributed by atoms with E-state index in [1.165, 1.54) is 16.0 Å². The first kappa shape index (κ1) is 13.8. The van der Waals surface area contributed by atoms with Crippen molar-refractivity contribution in [2.45, 2.75) is 25.3 Å². The highest BCUT2D eigenvalue weighted by Gasteiger charge is 2.21. The molecule has 3 heteroatoms. The van der Waals surface area contributed by atoms with E-state index in [2.05, 4.69) is 47.1 Å². The Morgan fingerprint density at radius 2 is 1.90 bits per heavy atom. The second kappa shape index (κ2) is 6.53. The lowest BCUT2D eigenvalue weighted by Crippen LogP contribution is -2.35. The number of thiophene rings is 1. The third-order valence-electron chi connectivity index (χ3n) is 4.07. The Hall–Kier alpha value is -1.16. The van der Waals surface area contributed by atoms with E-state index < -0.39 is 0 Å². The second-order valence-corrected chi connectivity index (χ2v) is 6.65. The van der Waals surface area contributed by atoms with E-state index in [4.69, 9.17) is 0 Å². The van der Waals surface area contributed by atoms with Crippen molar-refractivity contribution in [2.75, 3.05) is 13.2 Å². The van der Waals surface area contributed by atoms with Gasteiger partial charge in [-0.15, -0.1) is 11.3 Å². The first-order chi connectivity index (χ1) is 9.85. The van der Waals surface area contributed by atoms with Gasteiger partial charge >= 0.3 is 0 Å². The van der Waals surface area contributed by atoms with E-state index in [0.717, 1.165) is 25.8 Å². The molecule has 3 rings (SSSR count). The summed E-state index contributed by atoms with van der Waals surface area (Å²) < 4.78 is 0. The first-order valence-electron chi connectivity index (χ1n) is 7.28. The van der Waals surface area contributed by atoms with Crippen LogP contribution in [0.15, 0.2) is 41.8 Å². The molecule has 2 N–H and O–H groups in total. The lowest BCUT2D eigenvalue weighted by atomic mass is 10.0. The van der Waals surface area contributed by atoms with Crippen molar-refractivity contribution in [3.05, 3.63) is 57.8 Å². The Bertz CT molecular complexity index is 508. The van der Waals surface area contributed by atoms with Crippen LogP contribution < -0.4 is 5.32 Å². The Morgan fingerprint density at radius 1 is 1.15 bits per heavy atom. The van der Waals surface area contributed by atoms with Crippen LogP contribution in [0.1, 0.15) is 16.0 Å². The molecular formula is C17H21NOS. The molecule has 0 spiro atoms. The molecule has 1 aromatic heterocycles. The smallest absolute Gasteiger partial charge is 0.0474 e. The number of rotatable bonds is 6. The summed E-state index contributed by atoms with van der Waals surface area (Å²) in [6, 6.07) is 13.5. The monoisotopic (exact) mass is 287 g/mol. The summed E-state index contributed by atoms with van der Waals surface area (Å²) in [5, 5.41) is 15.3. The van der Waals surface area contributed by atoms with E-state index in [9.17, 15) is 5.11 Å². The molecule has 106 valence electrons. The van der Waals surface area contributed by atoms with Crippen molar-refractivity contribution in [2.24, 2.45) is 5.92 Å². The third kappa shape index (κ3) is 3.29. The van der Waals surface area contributed by atoms with Crippen molar-refractivity contribution < 1.29 is 5.11 Å². The number of hydrogen-bond donors (Lipinski definition) is 2. The van der Waals surface area contributed by atoms with Gasteiger partial charge in [-0.1, -0.05) is 30.3 Å². The number of hydrogen-bond acceptors (Lipinski definition) is 3. The van der Waals surface area contributed by atoms with Gasteiger partial charge < -0.3 is 10.4 Å². The molecule has 20 heavy (non-hydrogen) atoms. The molecule has 1 aliphatic rings. The highest BCUT2D eigenvalue weighted by Crippen LogP contribution is 2.22. The van der Waals surface area contributed by atoms with Crippen molar-refractivity contribution >= 4 is 11.3 Å². The molecule has 1 aliphatic carbocycles. The number of fused-ring (bicyclic) bond motifs is 1. The minimum Gasteiger partial charge on any atom is -0.396 e. The van der Waals surface area contributed by atoms with Crippen molar-refractivity contribution in [1.82, 2.24) is 5.32 Å². The van der Waals surface area contributed by atoms with Crippen LogP contribution in [0, 0.1) is 5.92 Å². The SMILES string of the molecule is OC[C@H](CNC1Cc2ccccc2C1)Cc1cccs1. The molecule has 0 radical (unpaired) electrons. The number of nitrogens with one attached hydrogen (secondary N) is 1. The fourth-order valence-corrected chi connectivity index (χ4v) is 3.77. The quantitative estimate of drug-likeness (QED) is 0.856. The van der Waals surface area contributed by atoms with Gasteiger partial charge in [-0.25, -0.2) is 0 Å². The fourth-order valence-electron chi connectivity index (χ4n) is 2.95. The van der Waals surface area contributed by atoms with Gasteiger partial charge in [0.1, 0.15) is 0 Å². The topological polar surface area (TPSA) is 32.3 Å². The van der Waals surface area contributed by atoms with Gasteiger partial charge in [-0.3, -0.25) is 0 Å². The summed E-state index contributed by atoms with van der Waals surface area (Å²) in [5.74, 6) is 0.317. The average Bonchev–Trinajstić information content (AvgIpc) is 3.12. The van der Waals surface area contributed by atoms with Gasteiger partial charge in [0, 0.05) is 24.1 Å². The number of aliphatic hydroxyl groups excluding tert-OH is 1. The van der Waals surface area contributed by atoms with Gasteiger partial charge in [-0.05, 0) is 47.8 Å². The zero-order valence-electron chi connectivity index (χ0n) is 11.6. The van der Waals surface area contributed by atoms with E-state index in [1.54, 1.807) is 11.3 Å². The fraction of sp³-hybridized carbons (Fsp3) is 0.412. The Balaban J connectivity index is 1.50. The summed E-state index contributed by atoms with van der Waals surface area (Å²) in [5.41, 5.74) is 2.95. The molecule has 1 atom stereocenters. The first-order valence-corrected chi connectivity index (χ1v) is 8.16. The standard InChI is InChI=1S/C17H21NOS/c19-12-13(8-17-6-3-7-20-17)11-18-16-9-14-4-1-2-5-15(14)10-16/h1-7,13,16,18-19H,8-12H2/t13-/m0/s1. The molecule has 1 aromatic carbocycles. The molecular weight excluding hydrogens is 266 g/mol. The van der Waals surface area contributed by atoms with E-state index in [0.29, 0.717) is 12.0 Å². The summed E-state index contributed by atoms with van der Waals surface area (Å²) in [6.45, 7) is 1.15. The van der Waals surface area contributed by atoms with Gasteiger partial charge in [0.15, 0.2) is 0 Å². The molecule has 2 aromatic rings. The van der Waals surface area contributed by atoms with Crippen LogP contribution in [0.25, 0.3) is 0 Å². The summed E-state index contributed by atoms with van der Waals surface area (Å²) in [4.78, 5) is 1.36. The van der Waals surface area contributed by atoms with Crippen LogP contribution >= 0.6 is 11.3 Å². The minimum absolute atomic E-state index is 0.255. The maximum absolute atomic E-state index is 9.54. The molecule has 0 fully saturated rings. The molecule has 0 saturated heterocycles. The van der Waals surface area contributed by atoms with Gasteiger partial charge in [0.05, 0.1) is 0 Å². The largest absolute Gasteiger partial charge is 0.396 e. The third-order valence-corrected chi connectivity index (χ3v) is 4.97. The zero-order valence-corrected chi connectivity index (χ0v) is 12.4. The minimum atomic E-state index is 0.255. The maximum atomic E-state index is 9.54. The Kier molecular flexibility index (Phi) is 4.51. The van der Waals surface area contributed by atoms with E-state index >= 15 is 0 Å². The number of aliphatic hydroxyl groups is 1.